The monoisotopic (exact) mass is 487 g/mol. The molecule has 32 heavy (non-hydrogen) atoms. The molecule has 176 valence electrons. The van der Waals surface area contributed by atoms with Gasteiger partial charge >= 0.3 is 0 Å². The van der Waals surface area contributed by atoms with Crippen molar-refractivity contribution in [2.45, 2.75) is 43.1 Å². The molecule has 2 fully saturated rings. The SMILES string of the molecule is O=C(Cn1c(SC(F)F)nc2ccccc21)N1CCN(S(=O)(=O)N2CCCCCC2)CC1. The molecule has 2 aliphatic rings. The number of fused-ring (bicyclic) bond motifs is 1. The van der Waals surface area contributed by atoms with Gasteiger partial charge in [0, 0.05) is 39.3 Å². The molecular weight excluding hydrogens is 460 g/mol. The number of amides is 1. The van der Waals surface area contributed by atoms with E-state index in [0.29, 0.717) is 35.9 Å². The number of hydrogen-bond donors (Lipinski definition) is 0. The smallest absolute Gasteiger partial charge is 0.291 e. The van der Waals surface area contributed by atoms with Gasteiger partial charge in [0.1, 0.15) is 6.54 Å². The fourth-order valence-corrected chi connectivity index (χ4v) is 6.49. The first kappa shape index (κ1) is 23.4. The number of benzene rings is 1. The van der Waals surface area contributed by atoms with Crippen molar-refractivity contribution in [1.82, 2.24) is 23.1 Å². The Bertz CT molecular complexity index is 1050. The minimum absolute atomic E-state index is 0.0944. The highest BCUT2D eigenvalue weighted by Crippen LogP contribution is 2.28. The van der Waals surface area contributed by atoms with Crippen LogP contribution in [0.1, 0.15) is 25.7 Å². The molecule has 0 atom stereocenters. The molecule has 12 heteroatoms. The second kappa shape index (κ2) is 10.0. The van der Waals surface area contributed by atoms with Crippen molar-refractivity contribution in [3.05, 3.63) is 24.3 Å². The van der Waals surface area contributed by atoms with Gasteiger partial charge < -0.3 is 9.47 Å². The normalized spacial score (nSPS) is 19.5. The average molecular weight is 488 g/mol. The summed E-state index contributed by atoms with van der Waals surface area (Å²) in [7, 11) is -3.53. The number of hydrogen-bond acceptors (Lipinski definition) is 5. The predicted octanol–water partition coefficient (Wildman–Crippen LogP) is 2.62. The molecule has 0 spiro atoms. The molecule has 1 aromatic heterocycles. The van der Waals surface area contributed by atoms with Crippen molar-refractivity contribution >= 4 is 38.9 Å². The van der Waals surface area contributed by atoms with Crippen molar-refractivity contribution in [2.24, 2.45) is 0 Å². The zero-order valence-electron chi connectivity index (χ0n) is 17.7. The summed E-state index contributed by atoms with van der Waals surface area (Å²) >= 11 is 0.315. The molecule has 0 N–H and O–H groups in total. The first-order valence-electron chi connectivity index (χ1n) is 10.8. The number of halogens is 2. The first-order valence-corrected chi connectivity index (χ1v) is 13.1. The summed E-state index contributed by atoms with van der Waals surface area (Å²) in [5, 5.41) is 0.0944. The third-order valence-electron chi connectivity index (χ3n) is 5.92. The highest BCUT2D eigenvalue weighted by atomic mass is 32.2. The second-order valence-corrected chi connectivity index (χ2v) is 10.8. The molecule has 8 nitrogen and oxygen atoms in total. The Kier molecular flexibility index (Phi) is 7.33. The molecule has 3 heterocycles. The fraction of sp³-hybridized carbons (Fsp3) is 0.600. The van der Waals surface area contributed by atoms with E-state index in [1.54, 1.807) is 33.5 Å². The van der Waals surface area contributed by atoms with Gasteiger partial charge in [-0.25, -0.2) is 4.98 Å². The summed E-state index contributed by atoms with van der Waals surface area (Å²) in [4.78, 5) is 18.8. The minimum Gasteiger partial charge on any atom is -0.338 e. The predicted molar refractivity (Wildman–Crippen MR) is 119 cm³/mol. The topological polar surface area (TPSA) is 78.8 Å². The van der Waals surface area contributed by atoms with Crippen LogP contribution in [0.15, 0.2) is 29.4 Å². The second-order valence-electron chi connectivity index (χ2n) is 7.95. The summed E-state index contributed by atoms with van der Waals surface area (Å²) in [5.74, 6) is -2.88. The highest BCUT2D eigenvalue weighted by Gasteiger charge is 2.33. The quantitative estimate of drug-likeness (QED) is 0.586. The van der Waals surface area contributed by atoms with Crippen molar-refractivity contribution in [1.29, 1.82) is 0 Å². The van der Waals surface area contributed by atoms with E-state index in [1.807, 2.05) is 0 Å². The van der Waals surface area contributed by atoms with Gasteiger partial charge in [0.2, 0.25) is 5.91 Å². The Morgan fingerprint density at radius 2 is 1.59 bits per heavy atom. The number of imidazole rings is 1. The largest absolute Gasteiger partial charge is 0.338 e. The zero-order valence-corrected chi connectivity index (χ0v) is 19.3. The van der Waals surface area contributed by atoms with Gasteiger partial charge in [-0.15, -0.1) is 0 Å². The molecule has 0 saturated carbocycles. The summed E-state index contributed by atoms with van der Waals surface area (Å²) < 4.78 is 56.5. The Labute approximate surface area is 190 Å². The number of para-hydroxylation sites is 2. The number of piperazine rings is 1. The molecule has 2 aromatic rings. The maximum absolute atomic E-state index is 13.0. The molecule has 1 amide bonds. The Hall–Kier alpha value is -1.76. The maximum Gasteiger partial charge on any atom is 0.291 e. The first-order chi connectivity index (χ1) is 15.4. The van der Waals surface area contributed by atoms with Crippen molar-refractivity contribution < 1.29 is 22.0 Å². The van der Waals surface area contributed by atoms with Crippen LogP contribution >= 0.6 is 11.8 Å². The lowest BCUT2D eigenvalue weighted by atomic mass is 10.2. The van der Waals surface area contributed by atoms with Crippen LogP contribution in [0.4, 0.5) is 8.78 Å². The zero-order chi connectivity index (χ0) is 22.7. The maximum atomic E-state index is 13.0. The third-order valence-corrected chi connectivity index (χ3v) is 8.65. The van der Waals surface area contributed by atoms with Gasteiger partial charge in [-0.05, 0) is 36.7 Å². The minimum atomic E-state index is -3.53. The van der Waals surface area contributed by atoms with Crippen LogP contribution in [0, 0.1) is 0 Å². The lowest BCUT2D eigenvalue weighted by Gasteiger charge is -2.36. The molecule has 1 aromatic carbocycles. The average Bonchev–Trinajstić information content (AvgIpc) is 2.95. The van der Waals surface area contributed by atoms with Crippen LogP contribution < -0.4 is 0 Å². The lowest BCUT2D eigenvalue weighted by molar-refractivity contribution is -0.133. The van der Waals surface area contributed by atoms with Crippen LogP contribution in [-0.4, -0.2) is 82.4 Å². The number of rotatable bonds is 6. The van der Waals surface area contributed by atoms with Gasteiger partial charge in [0.05, 0.1) is 11.0 Å². The van der Waals surface area contributed by atoms with Gasteiger partial charge in [-0.3, -0.25) is 4.79 Å². The highest BCUT2D eigenvalue weighted by molar-refractivity contribution is 7.99. The van der Waals surface area contributed by atoms with E-state index in [-0.39, 0.29) is 43.8 Å². The summed E-state index contributed by atoms with van der Waals surface area (Å²) in [6.07, 6.45) is 3.83. The van der Waals surface area contributed by atoms with Crippen LogP contribution in [0.2, 0.25) is 0 Å². The lowest BCUT2D eigenvalue weighted by Crippen LogP contribution is -2.54. The van der Waals surface area contributed by atoms with E-state index in [2.05, 4.69) is 4.98 Å². The van der Waals surface area contributed by atoms with E-state index in [0.717, 1.165) is 25.7 Å². The Morgan fingerprint density at radius 3 is 2.25 bits per heavy atom. The van der Waals surface area contributed by atoms with Crippen LogP contribution in [0.3, 0.4) is 0 Å². The molecule has 0 unspecified atom stereocenters. The molecule has 0 bridgehead atoms. The molecule has 2 aliphatic heterocycles. The summed E-state index contributed by atoms with van der Waals surface area (Å²) in [6, 6.07) is 7.01. The fourth-order valence-electron chi connectivity index (χ4n) is 4.22. The molecular formula is C20H27F2N5O3S2. The van der Waals surface area contributed by atoms with Gasteiger partial charge in [0.15, 0.2) is 5.16 Å². The molecule has 2 saturated heterocycles. The van der Waals surface area contributed by atoms with Gasteiger partial charge in [0.25, 0.3) is 16.0 Å². The van der Waals surface area contributed by atoms with E-state index >= 15 is 0 Å². The summed E-state index contributed by atoms with van der Waals surface area (Å²) in [6.45, 7) is 1.97. The molecule has 4 rings (SSSR count). The Morgan fingerprint density at radius 1 is 0.969 bits per heavy atom. The van der Waals surface area contributed by atoms with Crippen LogP contribution in [0.5, 0.6) is 0 Å². The van der Waals surface area contributed by atoms with E-state index < -0.39 is 16.0 Å². The molecule has 0 radical (unpaired) electrons. The van der Waals surface area contributed by atoms with Crippen molar-refractivity contribution in [3.63, 3.8) is 0 Å². The van der Waals surface area contributed by atoms with Crippen LogP contribution in [-0.2, 0) is 21.5 Å². The number of nitrogens with zero attached hydrogens (tertiary/aromatic N) is 5. The van der Waals surface area contributed by atoms with Gasteiger partial charge in [-0.2, -0.15) is 25.8 Å². The van der Waals surface area contributed by atoms with E-state index in [9.17, 15) is 22.0 Å². The number of alkyl halides is 2. The van der Waals surface area contributed by atoms with Crippen LogP contribution in [0.25, 0.3) is 11.0 Å². The third kappa shape index (κ3) is 5.08. The van der Waals surface area contributed by atoms with Crippen molar-refractivity contribution in [3.8, 4) is 0 Å². The van der Waals surface area contributed by atoms with E-state index in [4.69, 9.17) is 0 Å². The molecule has 0 aliphatic carbocycles. The summed E-state index contributed by atoms with van der Waals surface area (Å²) in [5.41, 5.74) is 1.17. The van der Waals surface area contributed by atoms with Crippen molar-refractivity contribution in [2.75, 3.05) is 39.3 Å². The number of carbonyl (C=O) groups is 1. The standard InChI is InChI=1S/C20H27F2N5O3S2/c21-19(22)31-20-23-16-7-3-4-8-17(16)27(20)15-18(28)24-11-13-26(14-12-24)32(29,30)25-9-5-1-2-6-10-25/h3-4,7-8,19H,1-2,5-6,9-15H2. The van der Waals surface area contributed by atoms with E-state index in [1.165, 1.54) is 8.87 Å². The number of thioether (sulfide) groups is 1. The van der Waals surface area contributed by atoms with Gasteiger partial charge in [-0.1, -0.05) is 25.0 Å². The number of carbonyl (C=O) groups excluding carboxylic acids is 1. The number of aromatic nitrogens is 2. The Balaban J connectivity index is 1.42.